The SMILES string of the molecule is CC(C)CC1NCCC1c1ccc(F)c(Cl)c1. The Hall–Kier alpha value is -0.600. The van der Waals surface area contributed by atoms with Crippen molar-refractivity contribution in [3.63, 3.8) is 0 Å². The molecule has 0 amide bonds. The summed E-state index contributed by atoms with van der Waals surface area (Å²) in [5, 5.41) is 3.77. The van der Waals surface area contributed by atoms with Crippen molar-refractivity contribution >= 4 is 11.6 Å². The first-order valence-corrected chi connectivity index (χ1v) is 6.64. The Kier molecular flexibility index (Phi) is 4.05. The molecule has 3 heteroatoms. The normalized spacial score (nSPS) is 24.5. The number of hydrogen-bond acceptors (Lipinski definition) is 1. The topological polar surface area (TPSA) is 12.0 Å². The lowest BCUT2D eigenvalue weighted by Crippen LogP contribution is -2.27. The van der Waals surface area contributed by atoms with Crippen molar-refractivity contribution in [2.75, 3.05) is 6.54 Å². The van der Waals surface area contributed by atoms with Gasteiger partial charge in [0.1, 0.15) is 5.82 Å². The summed E-state index contributed by atoms with van der Waals surface area (Å²) < 4.78 is 13.1. The molecule has 1 aliphatic heterocycles. The average Bonchev–Trinajstić information content (AvgIpc) is 2.69. The molecule has 1 nitrogen and oxygen atoms in total. The van der Waals surface area contributed by atoms with Crippen LogP contribution in [-0.4, -0.2) is 12.6 Å². The second kappa shape index (κ2) is 5.36. The van der Waals surface area contributed by atoms with Crippen LogP contribution in [0, 0.1) is 11.7 Å². The van der Waals surface area contributed by atoms with E-state index in [1.54, 1.807) is 6.07 Å². The van der Waals surface area contributed by atoms with Crippen LogP contribution in [0.5, 0.6) is 0 Å². The molecule has 1 heterocycles. The fraction of sp³-hybridized carbons (Fsp3) is 0.571. The van der Waals surface area contributed by atoms with E-state index in [4.69, 9.17) is 11.6 Å². The molecule has 94 valence electrons. The van der Waals surface area contributed by atoms with E-state index < -0.39 is 0 Å². The smallest absolute Gasteiger partial charge is 0.141 e. The quantitative estimate of drug-likeness (QED) is 0.862. The van der Waals surface area contributed by atoms with Crippen LogP contribution in [-0.2, 0) is 0 Å². The largest absolute Gasteiger partial charge is 0.313 e. The predicted molar refractivity (Wildman–Crippen MR) is 70.0 cm³/mol. The lowest BCUT2D eigenvalue weighted by Gasteiger charge is -2.22. The van der Waals surface area contributed by atoms with E-state index >= 15 is 0 Å². The third-order valence-corrected chi connectivity index (χ3v) is 3.73. The van der Waals surface area contributed by atoms with Gasteiger partial charge >= 0.3 is 0 Å². The molecule has 2 unspecified atom stereocenters. The van der Waals surface area contributed by atoms with Crippen LogP contribution in [0.3, 0.4) is 0 Å². The zero-order chi connectivity index (χ0) is 12.4. The molecule has 0 bridgehead atoms. The zero-order valence-corrected chi connectivity index (χ0v) is 11.1. The van der Waals surface area contributed by atoms with Gasteiger partial charge in [-0.15, -0.1) is 0 Å². The van der Waals surface area contributed by atoms with E-state index in [0.717, 1.165) is 24.9 Å². The predicted octanol–water partition coefficient (Wildman–Crippen LogP) is 3.97. The molecule has 2 rings (SSSR count). The number of halogens is 2. The first-order valence-electron chi connectivity index (χ1n) is 6.26. The van der Waals surface area contributed by atoms with E-state index in [1.807, 2.05) is 6.07 Å². The Bertz CT molecular complexity index is 392. The van der Waals surface area contributed by atoms with Gasteiger partial charge in [-0.2, -0.15) is 0 Å². The van der Waals surface area contributed by atoms with Crippen LogP contribution in [0.25, 0.3) is 0 Å². The van der Waals surface area contributed by atoms with Crippen LogP contribution in [0.1, 0.15) is 38.2 Å². The molecule has 17 heavy (non-hydrogen) atoms. The number of benzene rings is 1. The standard InChI is InChI=1S/C14H19ClFN/c1-9(2)7-14-11(5-6-17-14)10-3-4-13(16)12(15)8-10/h3-4,8-9,11,14,17H,5-7H2,1-2H3. The number of rotatable bonds is 3. The summed E-state index contributed by atoms with van der Waals surface area (Å²) in [5.74, 6) is 0.807. The van der Waals surface area contributed by atoms with Gasteiger partial charge in [0.25, 0.3) is 0 Å². The van der Waals surface area contributed by atoms with Gasteiger partial charge in [-0.3, -0.25) is 0 Å². The maximum absolute atomic E-state index is 13.1. The zero-order valence-electron chi connectivity index (χ0n) is 10.3. The highest BCUT2D eigenvalue weighted by atomic mass is 35.5. The van der Waals surface area contributed by atoms with E-state index in [1.165, 1.54) is 6.07 Å². The van der Waals surface area contributed by atoms with Crippen molar-refractivity contribution < 1.29 is 4.39 Å². The molecule has 0 spiro atoms. The summed E-state index contributed by atoms with van der Waals surface area (Å²) in [6.45, 7) is 5.50. The molecule has 1 aliphatic rings. The van der Waals surface area contributed by atoms with Gasteiger partial charge in [0.2, 0.25) is 0 Å². The third kappa shape index (κ3) is 2.99. The molecule has 0 aromatic heterocycles. The fourth-order valence-corrected chi connectivity index (χ4v) is 2.85. The summed E-state index contributed by atoms with van der Waals surface area (Å²) >= 11 is 5.85. The molecule has 2 atom stereocenters. The third-order valence-electron chi connectivity index (χ3n) is 3.44. The molecular formula is C14H19ClFN. The summed E-state index contributed by atoms with van der Waals surface area (Å²) in [4.78, 5) is 0. The van der Waals surface area contributed by atoms with Gasteiger partial charge in [0.05, 0.1) is 5.02 Å². The minimum absolute atomic E-state index is 0.234. The maximum Gasteiger partial charge on any atom is 0.141 e. The number of nitrogens with one attached hydrogen (secondary N) is 1. The van der Waals surface area contributed by atoms with Crippen molar-refractivity contribution in [1.82, 2.24) is 5.32 Å². The van der Waals surface area contributed by atoms with Gasteiger partial charge in [0, 0.05) is 12.0 Å². The summed E-state index contributed by atoms with van der Waals surface area (Å²) in [6, 6.07) is 5.62. The summed E-state index contributed by atoms with van der Waals surface area (Å²) in [7, 11) is 0. The van der Waals surface area contributed by atoms with Gasteiger partial charge in [-0.25, -0.2) is 4.39 Å². The Labute approximate surface area is 107 Å². The minimum atomic E-state index is -0.332. The highest BCUT2D eigenvalue weighted by molar-refractivity contribution is 6.30. The van der Waals surface area contributed by atoms with Crippen molar-refractivity contribution in [3.05, 3.63) is 34.6 Å². The van der Waals surface area contributed by atoms with Crippen LogP contribution >= 0.6 is 11.6 Å². The lowest BCUT2D eigenvalue weighted by atomic mass is 9.87. The Balaban J connectivity index is 2.17. The molecule has 0 aliphatic carbocycles. The fourth-order valence-electron chi connectivity index (χ4n) is 2.67. The molecule has 1 saturated heterocycles. The molecule has 1 aromatic rings. The molecule has 1 aromatic carbocycles. The Morgan fingerprint density at radius 2 is 2.24 bits per heavy atom. The summed E-state index contributed by atoms with van der Waals surface area (Å²) in [6.07, 6.45) is 2.26. The average molecular weight is 256 g/mol. The van der Waals surface area contributed by atoms with Crippen molar-refractivity contribution in [2.45, 2.75) is 38.6 Å². The Morgan fingerprint density at radius 3 is 2.88 bits per heavy atom. The highest BCUT2D eigenvalue weighted by Gasteiger charge is 2.28. The van der Waals surface area contributed by atoms with Crippen molar-refractivity contribution in [3.8, 4) is 0 Å². The molecular weight excluding hydrogens is 237 g/mol. The molecule has 1 fully saturated rings. The summed E-state index contributed by atoms with van der Waals surface area (Å²) in [5.41, 5.74) is 1.16. The van der Waals surface area contributed by atoms with Crippen LogP contribution in [0.4, 0.5) is 4.39 Å². The van der Waals surface area contributed by atoms with E-state index in [-0.39, 0.29) is 10.8 Å². The second-order valence-corrected chi connectivity index (χ2v) is 5.67. The number of hydrogen-bond donors (Lipinski definition) is 1. The minimum Gasteiger partial charge on any atom is -0.313 e. The van der Waals surface area contributed by atoms with Gasteiger partial charge < -0.3 is 5.32 Å². The molecule has 0 saturated carbocycles. The maximum atomic E-state index is 13.1. The molecule has 0 radical (unpaired) electrons. The van der Waals surface area contributed by atoms with Crippen molar-refractivity contribution in [2.24, 2.45) is 5.92 Å². The first kappa shape index (κ1) is 12.8. The van der Waals surface area contributed by atoms with Crippen LogP contribution in [0.15, 0.2) is 18.2 Å². The van der Waals surface area contributed by atoms with E-state index in [9.17, 15) is 4.39 Å². The van der Waals surface area contributed by atoms with Crippen molar-refractivity contribution in [1.29, 1.82) is 0 Å². The van der Waals surface area contributed by atoms with Gasteiger partial charge in [-0.05, 0) is 43.0 Å². The van der Waals surface area contributed by atoms with Gasteiger partial charge in [-0.1, -0.05) is 31.5 Å². The van der Waals surface area contributed by atoms with Gasteiger partial charge in [0.15, 0.2) is 0 Å². The first-order chi connectivity index (χ1) is 8.08. The van der Waals surface area contributed by atoms with E-state index in [0.29, 0.717) is 17.9 Å². The lowest BCUT2D eigenvalue weighted by molar-refractivity contribution is 0.433. The van der Waals surface area contributed by atoms with Crippen LogP contribution < -0.4 is 5.32 Å². The molecule has 1 N–H and O–H groups in total. The van der Waals surface area contributed by atoms with Crippen LogP contribution in [0.2, 0.25) is 5.02 Å². The van der Waals surface area contributed by atoms with E-state index in [2.05, 4.69) is 19.2 Å². The Morgan fingerprint density at radius 1 is 1.47 bits per heavy atom. The highest BCUT2D eigenvalue weighted by Crippen LogP contribution is 2.32. The monoisotopic (exact) mass is 255 g/mol. The second-order valence-electron chi connectivity index (χ2n) is 5.26.